The summed E-state index contributed by atoms with van der Waals surface area (Å²) >= 11 is 0. The molecule has 1 fully saturated rings. The molecule has 1 rings (SSSR count). The first-order chi connectivity index (χ1) is 8.56. The zero-order chi connectivity index (χ0) is 13.4. The molecule has 0 radical (unpaired) electrons. The van der Waals surface area contributed by atoms with Crippen LogP contribution in [-0.2, 0) is 0 Å². The van der Waals surface area contributed by atoms with Gasteiger partial charge in [-0.15, -0.1) is 0 Å². The van der Waals surface area contributed by atoms with Gasteiger partial charge in [0.2, 0.25) is 0 Å². The minimum Gasteiger partial charge on any atom is -0.388 e. The van der Waals surface area contributed by atoms with Gasteiger partial charge in [-0.25, -0.2) is 0 Å². The Hall–Kier alpha value is -0.770. The second kappa shape index (κ2) is 7.62. The van der Waals surface area contributed by atoms with Gasteiger partial charge in [0.15, 0.2) is 5.96 Å². The molecule has 0 atom stereocenters. The van der Waals surface area contributed by atoms with Crippen molar-refractivity contribution in [3.05, 3.63) is 0 Å². The number of hydrogen-bond acceptors (Lipinski definition) is 2. The van der Waals surface area contributed by atoms with Gasteiger partial charge in [-0.2, -0.15) is 0 Å². The van der Waals surface area contributed by atoms with Crippen LogP contribution in [0.1, 0.15) is 52.9 Å². The van der Waals surface area contributed by atoms with Gasteiger partial charge in [0.1, 0.15) is 0 Å². The molecule has 0 amide bonds. The van der Waals surface area contributed by atoms with Crippen LogP contribution in [0.5, 0.6) is 0 Å². The number of aliphatic imine (C=N–C) groups is 1. The quantitative estimate of drug-likeness (QED) is 0.519. The maximum absolute atomic E-state index is 10.4. The summed E-state index contributed by atoms with van der Waals surface area (Å²) in [5.74, 6) is 1.41. The lowest BCUT2D eigenvalue weighted by atomic mass is 9.85. The molecular weight excluding hydrogens is 226 g/mol. The van der Waals surface area contributed by atoms with Gasteiger partial charge >= 0.3 is 0 Å². The highest BCUT2D eigenvalue weighted by Crippen LogP contribution is 2.28. The summed E-state index contributed by atoms with van der Waals surface area (Å²) in [6, 6.07) is 0. The molecule has 0 aliphatic heterocycles. The molecule has 18 heavy (non-hydrogen) atoms. The molecule has 0 aromatic rings. The highest BCUT2D eigenvalue weighted by Gasteiger charge is 2.28. The van der Waals surface area contributed by atoms with Crippen LogP contribution < -0.4 is 10.6 Å². The summed E-state index contributed by atoms with van der Waals surface area (Å²) in [4.78, 5) is 4.53. The number of aliphatic hydroxyl groups is 1. The van der Waals surface area contributed by atoms with Gasteiger partial charge in [0.25, 0.3) is 0 Å². The third-order valence-electron chi connectivity index (χ3n) is 3.34. The lowest BCUT2D eigenvalue weighted by molar-refractivity contribution is 0.0131. The van der Waals surface area contributed by atoms with E-state index in [1.165, 1.54) is 6.42 Å². The number of nitrogens with zero attached hydrogens (tertiary/aromatic N) is 1. The number of hydrogen-bond donors (Lipinski definition) is 3. The van der Waals surface area contributed by atoms with Crippen molar-refractivity contribution in [2.75, 3.05) is 19.6 Å². The van der Waals surface area contributed by atoms with Crippen molar-refractivity contribution in [2.45, 2.75) is 58.5 Å². The zero-order valence-corrected chi connectivity index (χ0v) is 12.1. The fourth-order valence-corrected chi connectivity index (χ4v) is 2.24. The number of guanidine groups is 1. The minimum atomic E-state index is -0.571. The molecule has 0 aromatic heterocycles. The van der Waals surface area contributed by atoms with Crippen molar-refractivity contribution in [3.8, 4) is 0 Å². The van der Waals surface area contributed by atoms with Crippen molar-refractivity contribution in [1.82, 2.24) is 10.6 Å². The van der Waals surface area contributed by atoms with E-state index < -0.39 is 5.60 Å². The van der Waals surface area contributed by atoms with E-state index in [4.69, 9.17) is 0 Å². The normalized spacial score (nSPS) is 19.9. The Balaban J connectivity index is 2.47. The largest absolute Gasteiger partial charge is 0.388 e. The molecule has 0 aromatic carbocycles. The predicted octanol–water partition coefficient (Wildman–Crippen LogP) is 1.89. The molecular formula is C14H29N3O. The first-order valence-corrected chi connectivity index (χ1v) is 7.30. The summed E-state index contributed by atoms with van der Waals surface area (Å²) in [6.07, 6.45) is 5.28. The van der Waals surface area contributed by atoms with Crippen molar-refractivity contribution in [2.24, 2.45) is 10.9 Å². The van der Waals surface area contributed by atoms with Crippen LogP contribution in [0.2, 0.25) is 0 Å². The van der Waals surface area contributed by atoms with E-state index in [0.717, 1.165) is 44.7 Å². The Morgan fingerprint density at radius 3 is 2.44 bits per heavy atom. The minimum absolute atomic E-state index is 0.514. The zero-order valence-electron chi connectivity index (χ0n) is 12.1. The summed E-state index contributed by atoms with van der Waals surface area (Å²) in [6.45, 7) is 8.67. The van der Waals surface area contributed by atoms with E-state index in [1.54, 1.807) is 0 Å². The molecule has 0 spiro atoms. The van der Waals surface area contributed by atoms with Crippen LogP contribution in [0.25, 0.3) is 0 Å². The van der Waals surface area contributed by atoms with Crippen LogP contribution in [0.3, 0.4) is 0 Å². The number of rotatable bonds is 5. The second-order valence-electron chi connectivity index (χ2n) is 5.75. The lowest BCUT2D eigenvalue weighted by Crippen LogP contribution is -2.41. The van der Waals surface area contributed by atoms with Gasteiger partial charge < -0.3 is 15.7 Å². The Morgan fingerprint density at radius 1 is 1.22 bits per heavy atom. The average molecular weight is 255 g/mol. The molecule has 0 saturated heterocycles. The fourth-order valence-electron chi connectivity index (χ4n) is 2.24. The van der Waals surface area contributed by atoms with Crippen molar-refractivity contribution < 1.29 is 5.11 Å². The van der Waals surface area contributed by atoms with Gasteiger partial charge in [-0.1, -0.05) is 33.1 Å². The van der Waals surface area contributed by atoms with Crippen molar-refractivity contribution in [1.29, 1.82) is 0 Å². The molecule has 0 heterocycles. The Labute approximate surface area is 111 Å². The molecule has 4 heteroatoms. The molecule has 1 saturated carbocycles. The average Bonchev–Trinajstić information content (AvgIpc) is 2.33. The maximum Gasteiger partial charge on any atom is 0.191 e. The van der Waals surface area contributed by atoms with Gasteiger partial charge in [0, 0.05) is 13.1 Å². The highest BCUT2D eigenvalue weighted by atomic mass is 16.3. The molecule has 1 aliphatic rings. The van der Waals surface area contributed by atoms with Crippen LogP contribution in [0, 0.1) is 5.92 Å². The summed E-state index contributed by atoms with van der Waals surface area (Å²) in [5.41, 5.74) is -0.571. The first-order valence-electron chi connectivity index (χ1n) is 7.30. The van der Waals surface area contributed by atoms with Gasteiger partial charge in [-0.3, -0.25) is 4.99 Å². The lowest BCUT2D eigenvalue weighted by Gasteiger charge is -2.30. The van der Waals surface area contributed by atoms with Crippen LogP contribution in [0.15, 0.2) is 4.99 Å². The monoisotopic (exact) mass is 255 g/mol. The van der Waals surface area contributed by atoms with Crippen LogP contribution >= 0.6 is 0 Å². The van der Waals surface area contributed by atoms with E-state index in [2.05, 4.69) is 36.4 Å². The Kier molecular flexibility index (Phi) is 6.47. The van der Waals surface area contributed by atoms with Gasteiger partial charge in [-0.05, 0) is 25.7 Å². The topological polar surface area (TPSA) is 56.7 Å². The van der Waals surface area contributed by atoms with Gasteiger partial charge in [0.05, 0.1) is 12.1 Å². The molecule has 0 bridgehead atoms. The molecule has 0 unspecified atom stereocenters. The highest BCUT2D eigenvalue weighted by molar-refractivity contribution is 5.79. The third kappa shape index (κ3) is 5.71. The molecule has 4 nitrogen and oxygen atoms in total. The SMILES string of the molecule is CCNC(=NCC1(O)CCCCC1)NCC(C)C. The molecule has 106 valence electrons. The summed E-state index contributed by atoms with van der Waals surface area (Å²) in [5, 5.41) is 16.9. The van der Waals surface area contributed by atoms with E-state index in [-0.39, 0.29) is 0 Å². The second-order valence-corrected chi connectivity index (χ2v) is 5.75. The van der Waals surface area contributed by atoms with Crippen molar-refractivity contribution in [3.63, 3.8) is 0 Å². The predicted molar refractivity (Wildman–Crippen MR) is 76.9 cm³/mol. The van der Waals surface area contributed by atoms with E-state index in [9.17, 15) is 5.11 Å². The van der Waals surface area contributed by atoms with Crippen molar-refractivity contribution >= 4 is 5.96 Å². The molecule has 3 N–H and O–H groups in total. The standard InChI is InChI=1S/C14H29N3O/c1-4-15-13(16-10-12(2)3)17-11-14(18)8-6-5-7-9-14/h12,18H,4-11H2,1-3H3,(H2,15,16,17). The van der Waals surface area contributed by atoms with E-state index in [1.807, 2.05) is 0 Å². The first kappa shape index (κ1) is 15.3. The van der Waals surface area contributed by atoms with Crippen LogP contribution in [0.4, 0.5) is 0 Å². The molecule has 1 aliphatic carbocycles. The summed E-state index contributed by atoms with van der Waals surface area (Å²) < 4.78 is 0. The Bertz CT molecular complexity index is 258. The smallest absolute Gasteiger partial charge is 0.191 e. The summed E-state index contributed by atoms with van der Waals surface area (Å²) in [7, 11) is 0. The Morgan fingerprint density at radius 2 is 1.89 bits per heavy atom. The number of nitrogens with one attached hydrogen (secondary N) is 2. The third-order valence-corrected chi connectivity index (χ3v) is 3.34. The van der Waals surface area contributed by atoms with Crippen LogP contribution in [-0.4, -0.2) is 36.3 Å². The van der Waals surface area contributed by atoms with E-state index >= 15 is 0 Å². The van der Waals surface area contributed by atoms with E-state index in [0.29, 0.717) is 12.5 Å². The maximum atomic E-state index is 10.4. The fraction of sp³-hybridized carbons (Fsp3) is 0.929.